The minimum atomic E-state index is -5.84. The Kier molecular flexibility index (Phi) is 6.60. The molecule has 1 aromatic carbocycles. The summed E-state index contributed by atoms with van der Waals surface area (Å²) in [5.74, 6) is 0. The fourth-order valence-electron chi connectivity index (χ4n) is 2.39. The lowest BCUT2D eigenvalue weighted by molar-refractivity contribution is -0.670. The van der Waals surface area contributed by atoms with Gasteiger partial charge in [-0.25, -0.2) is 4.57 Å². The first-order valence-electron chi connectivity index (χ1n) is 7.57. The van der Waals surface area contributed by atoms with Gasteiger partial charge in [-0.2, -0.15) is 34.3 Å². The molecule has 8 nitrogen and oxygen atoms in total. The van der Waals surface area contributed by atoms with Gasteiger partial charge < -0.3 is 0 Å². The van der Waals surface area contributed by atoms with E-state index in [1.165, 1.54) is 13.8 Å². The summed E-state index contributed by atoms with van der Waals surface area (Å²) >= 11 is 3.45. The molecule has 14 heteroatoms. The van der Waals surface area contributed by atoms with Crippen molar-refractivity contribution in [2.75, 3.05) is 6.54 Å². The molecule has 1 aliphatic rings. The van der Waals surface area contributed by atoms with Gasteiger partial charge in [0.05, 0.1) is 7.05 Å². The largest absolute Gasteiger partial charge is 0.522 e. The summed E-state index contributed by atoms with van der Waals surface area (Å²) in [5.41, 5.74) is -3.25. The molecule has 1 N–H and O–H groups in total. The van der Waals surface area contributed by atoms with Gasteiger partial charge in [-0.15, -0.1) is 3.97 Å². The average molecular weight is 507 g/mol. The van der Waals surface area contributed by atoms with Crippen molar-refractivity contribution in [3.8, 4) is 0 Å². The number of alkyl halides is 3. The molecule has 0 fully saturated rings. The minimum absolute atomic E-state index is 0.423. The highest BCUT2D eigenvalue weighted by Gasteiger charge is 2.44. The Morgan fingerprint density at radius 3 is 2.29 bits per heavy atom. The van der Waals surface area contributed by atoms with Gasteiger partial charge in [0, 0.05) is 17.6 Å². The maximum Gasteiger partial charge on any atom is 0.522 e. The lowest BCUT2D eigenvalue weighted by atomic mass is 10.0. The standard InChI is InChI=1S/C13H15BrN3O2S.CHF3O3S/c1-15-6-7-17(10-15)20(18,19)16-5-4-11-8-13(14)3-2-12(11)9-16;2-1(3,4)8(5,6)7/h2-3,6-8,10H,4-5,9H2,1H3;(H,5,6,7)/q+1;. The third-order valence-corrected chi connectivity index (χ3v) is 6.57. The van der Waals surface area contributed by atoms with Crippen molar-refractivity contribution in [1.29, 1.82) is 0 Å². The molecule has 1 aromatic heterocycles. The first-order chi connectivity index (χ1) is 12.7. The molecule has 2 heterocycles. The van der Waals surface area contributed by atoms with E-state index in [1.807, 2.05) is 12.1 Å². The lowest BCUT2D eigenvalue weighted by Crippen LogP contribution is -2.39. The maximum atomic E-state index is 12.5. The number of aromatic nitrogens is 2. The predicted molar refractivity (Wildman–Crippen MR) is 95.8 cm³/mol. The number of hydrogen-bond donors (Lipinski definition) is 1. The summed E-state index contributed by atoms with van der Waals surface area (Å²) < 4.78 is 88.2. The van der Waals surface area contributed by atoms with Gasteiger partial charge in [-0.3, -0.25) is 4.55 Å². The Balaban J connectivity index is 0.000000300. The van der Waals surface area contributed by atoms with Crippen LogP contribution < -0.4 is 4.57 Å². The SMILES string of the molecule is C[n+]1ccn(S(=O)(=O)N2CCc3cc(Br)ccc3C2)c1.O=S(=O)(O)C(F)(F)F. The van der Waals surface area contributed by atoms with E-state index in [2.05, 4.69) is 22.0 Å². The van der Waals surface area contributed by atoms with Gasteiger partial charge in [0.1, 0.15) is 12.4 Å². The molecule has 0 aliphatic carbocycles. The van der Waals surface area contributed by atoms with E-state index >= 15 is 0 Å². The maximum absolute atomic E-state index is 12.5. The van der Waals surface area contributed by atoms with E-state index in [0.29, 0.717) is 13.1 Å². The lowest BCUT2D eigenvalue weighted by Gasteiger charge is -2.26. The van der Waals surface area contributed by atoms with E-state index in [0.717, 1.165) is 16.5 Å². The van der Waals surface area contributed by atoms with Crippen LogP contribution in [-0.2, 0) is 40.3 Å². The summed E-state index contributed by atoms with van der Waals surface area (Å²) in [4.78, 5) is 0. The Labute approximate surface area is 168 Å². The Bertz CT molecular complexity index is 1070. The Morgan fingerprint density at radius 1 is 1.18 bits per heavy atom. The van der Waals surface area contributed by atoms with Crippen LogP contribution in [0.5, 0.6) is 0 Å². The second-order valence-electron chi connectivity index (χ2n) is 5.83. The molecule has 1 aliphatic heterocycles. The molecule has 0 spiro atoms. The third-order valence-electron chi connectivity index (χ3n) is 3.78. The zero-order valence-electron chi connectivity index (χ0n) is 14.3. The van der Waals surface area contributed by atoms with Gasteiger partial charge in [-0.1, -0.05) is 22.0 Å². The zero-order chi connectivity index (χ0) is 21.3. The molecule has 0 bridgehead atoms. The molecule has 0 saturated carbocycles. The molecule has 0 amide bonds. The van der Waals surface area contributed by atoms with Crippen molar-refractivity contribution in [3.05, 3.63) is 52.5 Å². The highest BCUT2D eigenvalue weighted by Crippen LogP contribution is 2.25. The molecule has 2 aromatic rings. The normalized spacial score (nSPS) is 15.5. The number of imidazole rings is 1. The molecule has 3 rings (SSSR count). The van der Waals surface area contributed by atoms with Gasteiger partial charge in [0.2, 0.25) is 0 Å². The van der Waals surface area contributed by atoms with Crippen LogP contribution in [0.2, 0.25) is 0 Å². The number of fused-ring (bicyclic) bond motifs is 1. The summed E-state index contributed by atoms with van der Waals surface area (Å²) in [6.45, 7) is 0.931. The van der Waals surface area contributed by atoms with Crippen molar-refractivity contribution in [2.45, 2.75) is 18.5 Å². The monoisotopic (exact) mass is 506 g/mol. The minimum Gasteiger partial charge on any atom is -0.279 e. The van der Waals surface area contributed by atoms with Gasteiger partial charge >= 0.3 is 25.8 Å². The highest BCUT2D eigenvalue weighted by molar-refractivity contribution is 9.10. The first-order valence-corrected chi connectivity index (χ1v) is 11.2. The molecule has 156 valence electrons. The van der Waals surface area contributed by atoms with Crippen LogP contribution in [0.4, 0.5) is 13.2 Å². The van der Waals surface area contributed by atoms with Crippen LogP contribution in [0, 0.1) is 0 Å². The van der Waals surface area contributed by atoms with Gasteiger partial charge in [0.25, 0.3) is 6.33 Å². The van der Waals surface area contributed by atoms with Crippen molar-refractivity contribution >= 4 is 36.3 Å². The van der Waals surface area contributed by atoms with Crippen molar-refractivity contribution < 1.29 is 39.1 Å². The molecule has 0 atom stereocenters. The molecule has 0 radical (unpaired) electrons. The van der Waals surface area contributed by atoms with E-state index in [1.54, 1.807) is 30.3 Å². The quantitative estimate of drug-likeness (QED) is 0.379. The van der Waals surface area contributed by atoms with Crippen LogP contribution >= 0.6 is 15.9 Å². The number of benzene rings is 1. The van der Waals surface area contributed by atoms with E-state index in [9.17, 15) is 21.6 Å². The molecule has 0 saturated heterocycles. The van der Waals surface area contributed by atoms with Crippen LogP contribution in [-0.4, -0.2) is 41.7 Å². The van der Waals surface area contributed by atoms with E-state index in [-0.39, 0.29) is 0 Å². The Morgan fingerprint density at radius 2 is 1.79 bits per heavy atom. The summed E-state index contributed by atoms with van der Waals surface area (Å²) in [5, 5.41) is 0. The number of aryl methyl sites for hydroxylation is 1. The van der Waals surface area contributed by atoms with Crippen molar-refractivity contribution in [1.82, 2.24) is 8.28 Å². The van der Waals surface area contributed by atoms with E-state index < -0.39 is 25.8 Å². The summed E-state index contributed by atoms with van der Waals surface area (Å²) in [7, 11) is -7.52. The average Bonchev–Trinajstić information content (AvgIpc) is 3.00. The summed E-state index contributed by atoms with van der Waals surface area (Å²) in [6, 6.07) is 6.00. The first kappa shape index (κ1) is 22.8. The van der Waals surface area contributed by atoms with Gasteiger partial charge in [0.15, 0.2) is 0 Å². The van der Waals surface area contributed by atoms with Crippen LogP contribution in [0.3, 0.4) is 0 Å². The van der Waals surface area contributed by atoms with Crippen LogP contribution in [0.15, 0.2) is 41.4 Å². The second kappa shape index (κ2) is 8.10. The summed E-state index contributed by atoms with van der Waals surface area (Å²) in [6.07, 6.45) is 5.58. The van der Waals surface area contributed by atoms with Crippen molar-refractivity contribution in [3.63, 3.8) is 0 Å². The van der Waals surface area contributed by atoms with Gasteiger partial charge in [-0.05, 0) is 29.7 Å². The Hall–Kier alpha value is -1.48. The smallest absolute Gasteiger partial charge is 0.279 e. The molecule has 28 heavy (non-hydrogen) atoms. The fraction of sp³-hybridized carbons (Fsp3) is 0.357. The topological polar surface area (TPSA) is 101 Å². The van der Waals surface area contributed by atoms with Crippen LogP contribution in [0.25, 0.3) is 0 Å². The van der Waals surface area contributed by atoms with Crippen molar-refractivity contribution in [2.24, 2.45) is 7.05 Å². The predicted octanol–water partition coefficient (Wildman–Crippen LogP) is 1.62. The number of halogens is 4. The van der Waals surface area contributed by atoms with E-state index in [4.69, 9.17) is 13.0 Å². The highest BCUT2D eigenvalue weighted by atomic mass is 79.9. The van der Waals surface area contributed by atoms with Crippen LogP contribution in [0.1, 0.15) is 11.1 Å². The number of rotatable bonds is 2. The third kappa shape index (κ3) is 5.31. The number of hydrogen-bond acceptors (Lipinski definition) is 4. The zero-order valence-corrected chi connectivity index (χ0v) is 17.6. The molecule has 0 unspecified atom stereocenters. The molecular weight excluding hydrogens is 491 g/mol. The fourth-order valence-corrected chi connectivity index (χ4v) is 4.17. The number of nitrogens with zero attached hydrogens (tertiary/aromatic N) is 3. The molecular formula is C14H16BrF3N3O5S2+. The second-order valence-corrected chi connectivity index (χ2v) is 10.00.